The summed E-state index contributed by atoms with van der Waals surface area (Å²) in [7, 11) is 0. The molecule has 0 heterocycles. The Morgan fingerprint density at radius 2 is 1.61 bits per heavy atom. The van der Waals surface area contributed by atoms with Crippen molar-refractivity contribution in [2.75, 3.05) is 0 Å². The van der Waals surface area contributed by atoms with Crippen LogP contribution in [0, 0.1) is 0 Å². The number of halogens is 3. The van der Waals surface area contributed by atoms with Crippen molar-refractivity contribution in [3.05, 3.63) is 53.6 Å². The second-order valence-electron chi connectivity index (χ2n) is 4.62. The van der Waals surface area contributed by atoms with Crippen LogP contribution in [-0.4, -0.2) is 17.3 Å². The first-order valence-electron chi connectivity index (χ1n) is 6.40. The summed E-state index contributed by atoms with van der Waals surface area (Å²) in [4.78, 5) is 0. The van der Waals surface area contributed by atoms with Gasteiger partial charge >= 0.3 is 6.18 Å². The number of benzene rings is 2. The maximum atomic E-state index is 12.6. The molecule has 0 aromatic heterocycles. The lowest BCUT2D eigenvalue weighted by molar-refractivity contribution is -0.137. The molecular formula is C15H13F3N4O. The van der Waals surface area contributed by atoms with Gasteiger partial charge in [-0.3, -0.25) is 0 Å². The van der Waals surface area contributed by atoms with Gasteiger partial charge in [0.25, 0.3) is 0 Å². The van der Waals surface area contributed by atoms with Crippen molar-refractivity contribution in [1.29, 1.82) is 0 Å². The van der Waals surface area contributed by atoms with Crippen LogP contribution in [0.4, 0.5) is 13.2 Å². The Morgan fingerprint density at radius 3 is 2.17 bits per heavy atom. The fourth-order valence-corrected chi connectivity index (χ4v) is 1.85. The Kier molecular flexibility index (Phi) is 4.54. The summed E-state index contributed by atoms with van der Waals surface area (Å²) in [5.74, 6) is -0.296. The third kappa shape index (κ3) is 4.22. The zero-order valence-corrected chi connectivity index (χ0v) is 11.7. The van der Waals surface area contributed by atoms with Gasteiger partial charge in [0, 0.05) is 5.56 Å². The molecule has 0 radical (unpaired) electrons. The lowest BCUT2D eigenvalue weighted by atomic mass is 10.0. The lowest BCUT2D eigenvalue weighted by Crippen LogP contribution is -2.21. The summed E-state index contributed by atoms with van der Waals surface area (Å²) in [5.41, 5.74) is 11.0. The Balaban J connectivity index is 2.34. The van der Waals surface area contributed by atoms with Crippen molar-refractivity contribution in [2.24, 2.45) is 21.7 Å². The zero-order chi connectivity index (χ0) is 17.0. The molecule has 8 heteroatoms. The van der Waals surface area contributed by atoms with Crippen molar-refractivity contribution in [1.82, 2.24) is 0 Å². The molecule has 0 aliphatic carbocycles. The summed E-state index contributed by atoms with van der Waals surface area (Å²) >= 11 is 0. The fourth-order valence-electron chi connectivity index (χ4n) is 1.85. The first kappa shape index (κ1) is 16.3. The van der Waals surface area contributed by atoms with Gasteiger partial charge in [0.1, 0.15) is 5.75 Å². The Bertz CT molecular complexity index is 748. The molecule has 23 heavy (non-hydrogen) atoms. The number of rotatable bonds is 3. The molecule has 2 aromatic rings. The van der Waals surface area contributed by atoms with Crippen molar-refractivity contribution >= 4 is 12.2 Å². The van der Waals surface area contributed by atoms with E-state index >= 15 is 0 Å². The smallest absolute Gasteiger partial charge is 0.416 e. The van der Waals surface area contributed by atoms with Crippen LogP contribution in [0.1, 0.15) is 11.1 Å². The number of phenolic OH excluding ortho intramolecular Hbond substituents is 1. The molecule has 2 aromatic carbocycles. The molecule has 0 amide bonds. The van der Waals surface area contributed by atoms with E-state index in [1.54, 1.807) is 12.1 Å². The molecule has 0 aliphatic heterocycles. The number of phenols is 1. The highest BCUT2D eigenvalue weighted by molar-refractivity contribution is 5.86. The molecule has 0 atom stereocenters. The van der Waals surface area contributed by atoms with E-state index in [0.717, 1.165) is 12.1 Å². The van der Waals surface area contributed by atoms with E-state index < -0.39 is 11.7 Å². The highest BCUT2D eigenvalue weighted by Gasteiger charge is 2.29. The molecule has 0 fully saturated rings. The quantitative estimate of drug-likeness (QED) is 0.460. The van der Waals surface area contributed by atoms with E-state index in [1.807, 2.05) is 0 Å². The fraction of sp³-hybridized carbons (Fsp3) is 0.0667. The van der Waals surface area contributed by atoms with E-state index in [2.05, 4.69) is 10.2 Å². The van der Waals surface area contributed by atoms with Crippen LogP contribution >= 0.6 is 0 Å². The molecule has 2 rings (SSSR count). The van der Waals surface area contributed by atoms with Gasteiger partial charge < -0.3 is 16.6 Å². The number of guanidine groups is 1. The minimum atomic E-state index is -4.38. The number of hydrogen-bond acceptors (Lipinski definition) is 3. The van der Waals surface area contributed by atoms with Crippen molar-refractivity contribution in [2.45, 2.75) is 6.18 Å². The van der Waals surface area contributed by atoms with Gasteiger partial charge in [0.05, 0.1) is 11.8 Å². The first-order chi connectivity index (χ1) is 10.8. The minimum absolute atomic E-state index is 0.0600. The Hall–Kier alpha value is -3.03. The van der Waals surface area contributed by atoms with Gasteiger partial charge in [-0.05, 0) is 35.4 Å². The third-order valence-electron chi connectivity index (χ3n) is 2.94. The maximum absolute atomic E-state index is 12.6. The molecule has 120 valence electrons. The molecule has 0 saturated carbocycles. The van der Waals surface area contributed by atoms with Gasteiger partial charge in [-0.2, -0.15) is 18.3 Å². The van der Waals surface area contributed by atoms with Gasteiger partial charge in [-0.25, -0.2) is 0 Å². The second-order valence-corrected chi connectivity index (χ2v) is 4.62. The molecule has 0 saturated heterocycles. The van der Waals surface area contributed by atoms with Crippen molar-refractivity contribution < 1.29 is 18.3 Å². The molecular weight excluding hydrogens is 309 g/mol. The summed E-state index contributed by atoms with van der Waals surface area (Å²) in [6, 6.07) is 9.24. The summed E-state index contributed by atoms with van der Waals surface area (Å²) in [6.45, 7) is 0. The number of hydrogen-bond donors (Lipinski definition) is 3. The topological polar surface area (TPSA) is 97.0 Å². The van der Waals surface area contributed by atoms with Gasteiger partial charge in [0.2, 0.25) is 5.96 Å². The summed E-state index contributed by atoms with van der Waals surface area (Å²) in [6.07, 6.45) is -3.14. The van der Waals surface area contributed by atoms with Crippen molar-refractivity contribution in [3.63, 3.8) is 0 Å². The largest absolute Gasteiger partial charge is 0.507 e. The normalized spacial score (nSPS) is 11.6. The molecule has 0 bridgehead atoms. The van der Waals surface area contributed by atoms with Gasteiger partial charge in [0.15, 0.2) is 0 Å². The van der Waals surface area contributed by atoms with Crippen LogP contribution in [0.3, 0.4) is 0 Å². The average Bonchev–Trinajstić information content (AvgIpc) is 2.48. The highest BCUT2D eigenvalue weighted by Crippen LogP contribution is 2.31. The molecule has 5 nitrogen and oxygen atoms in total. The second kappa shape index (κ2) is 6.39. The monoisotopic (exact) mass is 322 g/mol. The minimum Gasteiger partial charge on any atom is -0.507 e. The Morgan fingerprint density at radius 1 is 1.00 bits per heavy atom. The molecule has 0 unspecified atom stereocenters. The summed E-state index contributed by atoms with van der Waals surface area (Å²) < 4.78 is 37.7. The van der Waals surface area contributed by atoms with E-state index in [1.165, 1.54) is 24.4 Å². The number of nitrogens with two attached hydrogens (primary N) is 2. The van der Waals surface area contributed by atoms with Crippen LogP contribution in [0.2, 0.25) is 0 Å². The number of alkyl halides is 3. The molecule has 5 N–H and O–H groups in total. The first-order valence-corrected chi connectivity index (χ1v) is 6.40. The standard InChI is InChI=1S/C15H13F3N4O/c16-15(17,18)12-4-1-9(2-5-12)10-3-6-13(23)11(7-10)8-21-22-14(19)20/h1-8,23H,(H4,19,20,22). The van der Waals surface area contributed by atoms with Crippen LogP contribution in [0.25, 0.3) is 11.1 Å². The highest BCUT2D eigenvalue weighted by atomic mass is 19.4. The van der Waals surface area contributed by atoms with Crippen LogP contribution < -0.4 is 11.5 Å². The predicted octanol–water partition coefficient (Wildman–Crippen LogP) is 2.69. The zero-order valence-electron chi connectivity index (χ0n) is 11.7. The lowest BCUT2D eigenvalue weighted by Gasteiger charge is -2.08. The van der Waals surface area contributed by atoms with Gasteiger partial charge in [-0.15, -0.1) is 5.10 Å². The van der Waals surface area contributed by atoms with Crippen molar-refractivity contribution in [3.8, 4) is 16.9 Å². The van der Waals surface area contributed by atoms with E-state index in [-0.39, 0.29) is 11.7 Å². The van der Waals surface area contributed by atoms with E-state index in [9.17, 15) is 18.3 Å². The van der Waals surface area contributed by atoms with Gasteiger partial charge in [-0.1, -0.05) is 18.2 Å². The average molecular weight is 322 g/mol. The third-order valence-corrected chi connectivity index (χ3v) is 2.94. The number of aromatic hydroxyl groups is 1. The SMILES string of the molecule is NC(N)=NN=Cc1cc(-c2ccc(C(F)(F)F)cc2)ccc1O. The molecule has 0 spiro atoms. The maximum Gasteiger partial charge on any atom is 0.416 e. The Labute approximate surface area is 129 Å². The van der Waals surface area contributed by atoms with Crippen LogP contribution in [0.5, 0.6) is 5.75 Å². The van der Waals surface area contributed by atoms with E-state index in [4.69, 9.17) is 11.5 Å². The van der Waals surface area contributed by atoms with Crippen LogP contribution in [-0.2, 0) is 6.18 Å². The number of nitrogens with zero attached hydrogens (tertiary/aromatic N) is 2. The predicted molar refractivity (Wildman–Crippen MR) is 81.9 cm³/mol. The summed E-state index contributed by atoms with van der Waals surface area (Å²) in [5, 5.41) is 16.7. The van der Waals surface area contributed by atoms with Crippen LogP contribution in [0.15, 0.2) is 52.7 Å². The molecule has 0 aliphatic rings. The van der Waals surface area contributed by atoms with E-state index in [0.29, 0.717) is 16.7 Å².